The Morgan fingerprint density at radius 3 is 2.57 bits per heavy atom. The molecule has 0 aliphatic carbocycles. The summed E-state index contributed by atoms with van der Waals surface area (Å²) in [6.45, 7) is 3.42. The Morgan fingerprint density at radius 2 is 1.86 bits per heavy atom. The molecular weight excluding hydrogens is 269 g/mol. The van der Waals surface area contributed by atoms with Gasteiger partial charge in [-0.2, -0.15) is 0 Å². The molecule has 0 saturated carbocycles. The molecule has 5 heteroatoms. The fourth-order valence-corrected chi connectivity index (χ4v) is 3.31. The largest absolute Gasteiger partial charge is 0.337 e. The van der Waals surface area contributed by atoms with E-state index in [1.165, 1.54) is 6.07 Å². The van der Waals surface area contributed by atoms with Gasteiger partial charge in [0, 0.05) is 25.2 Å². The highest BCUT2D eigenvalue weighted by Gasteiger charge is 2.32. The summed E-state index contributed by atoms with van der Waals surface area (Å²) in [4.78, 5) is 16.6. The van der Waals surface area contributed by atoms with E-state index in [1.807, 2.05) is 0 Å². The Morgan fingerprint density at radius 1 is 1.14 bits per heavy atom. The van der Waals surface area contributed by atoms with Crippen LogP contribution >= 0.6 is 0 Å². The SMILES string of the molecule is NC1CCN(C2CCN(C(=O)c3ccccc3F)C2)CC1. The number of carbonyl (C=O) groups excluding carboxylic acids is 1. The summed E-state index contributed by atoms with van der Waals surface area (Å²) < 4.78 is 13.7. The number of amides is 1. The van der Waals surface area contributed by atoms with Crippen molar-refractivity contribution < 1.29 is 9.18 Å². The third kappa shape index (κ3) is 3.09. The Labute approximate surface area is 124 Å². The summed E-state index contributed by atoms with van der Waals surface area (Å²) in [5.74, 6) is -0.626. The lowest BCUT2D eigenvalue weighted by Gasteiger charge is -2.34. The molecule has 0 bridgehead atoms. The van der Waals surface area contributed by atoms with Gasteiger partial charge in [0.25, 0.3) is 5.91 Å². The maximum Gasteiger partial charge on any atom is 0.256 e. The maximum atomic E-state index is 13.7. The summed E-state index contributed by atoms with van der Waals surface area (Å²) in [6.07, 6.45) is 3.02. The normalized spacial score (nSPS) is 24.5. The molecule has 1 aromatic rings. The first-order valence-corrected chi connectivity index (χ1v) is 7.68. The summed E-state index contributed by atoms with van der Waals surface area (Å²) in [6, 6.07) is 6.93. The van der Waals surface area contributed by atoms with Crippen LogP contribution in [0.3, 0.4) is 0 Å². The summed E-state index contributed by atoms with van der Waals surface area (Å²) >= 11 is 0. The Balaban J connectivity index is 1.62. The van der Waals surface area contributed by atoms with Crippen LogP contribution in [0.15, 0.2) is 24.3 Å². The zero-order valence-corrected chi connectivity index (χ0v) is 12.2. The number of carbonyl (C=O) groups is 1. The lowest BCUT2D eigenvalue weighted by Crippen LogP contribution is -2.46. The molecular formula is C16H22FN3O. The highest BCUT2D eigenvalue weighted by Crippen LogP contribution is 2.22. The Hall–Kier alpha value is -1.46. The molecule has 0 spiro atoms. The topological polar surface area (TPSA) is 49.6 Å². The van der Waals surface area contributed by atoms with Gasteiger partial charge >= 0.3 is 0 Å². The fraction of sp³-hybridized carbons (Fsp3) is 0.562. The number of halogens is 1. The number of nitrogens with two attached hydrogens (primary N) is 1. The molecule has 1 unspecified atom stereocenters. The number of hydrogen-bond donors (Lipinski definition) is 1. The van der Waals surface area contributed by atoms with E-state index in [0.29, 0.717) is 25.2 Å². The van der Waals surface area contributed by atoms with E-state index in [2.05, 4.69) is 4.90 Å². The van der Waals surface area contributed by atoms with E-state index in [9.17, 15) is 9.18 Å². The van der Waals surface area contributed by atoms with Crippen LogP contribution < -0.4 is 5.73 Å². The second kappa shape index (κ2) is 6.12. The summed E-state index contributed by atoms with van der Waals surface area (Å²) in [5.41, 5.74) is 6.11. The van der Waals surface area contributed by atoms with Crippen LogP contribution in [0.5, 0.6) is 0 Å². The highest BCUT2D eigenvalue weighted by atomic mass is 19.1. The fourth-order valence-electron chi connectivity index (χ4n) is 3.31. The quantitative estimate of drug-likeness (QED) is 0.897. The first-order chi connectivity index (χ1) is 10.1. The zero-order valence-electron chi connectivity index (χ0n) is 12.2. The third-order valence-corrected chi connectivity index (χ3v) is 4.65. The van der Waals surface area contributed by atoms with Gasteiger partial charge in [0.1, 0.15) is 5.82 Å². The molecule has 1 amide bonds. The van der Waals surface area contributed by atoms with Crippen molar-refractivity contribution in [1.29, 1.82) is 0 Å². The minimum Gasteiger partial charge on any atom is -0.337 e. The predicted molar refractivity (Wildman–Crippen MR) is 79.5 cm³/mol. The molecule has 2 fully saturated rings. The molecule has 3 rings (SSSR count). The van der Waals surface area contributed by atoms with Crippen LogP contribution in [-0.4, -0.2) is 54.0 Å². The van der Waals surface area contributed by atoms with E-state index < -0.39 is 5.82 Å². The number of benzene rings is 1. The predicted octanol–water partition coefficient (Wildman–Crippen LogP) is 1.46. The van der Waals surface area contributed by atoms with E-state index in [1.54, 1.807) is 23.1 Å². The van der Waals surface area contributed by atoms with Crippen molar-refractivity contribution in [2.24, 2.45) is 5.73 Å². The van der Waals surface area contributed by atoms with E-state index in [0.717, 1.165) is 32.4 Å². The number of hydrogen-bond acceptors (Lipinski definition) is 3. The van der Waals surface area contributed by atoms with Crippen LogP contribution in [0, 0.1) is 5.82 Å². The van der Waals surface area contributed by atoms with Gasteiger partial charge in [0.05, 0.1) is 5.56 Å². The van der Waals surface area contributed by atoms with Gasteiger partial charge in [-0.15, -0.1) is 0 Å². The van der Waals surface area contributed by atoms with Crippen molar-refractivity contribution in [3.63, 3.8) is 0 Å². The molecule has 2 heterocycles. The average molecular weight is 291 g/mol. The molecule has 4 nitrogen and oxygen atoms in total. The van der Waals surface area contributed by atoms with Crippen molar-refractivity contribution in [1.82, 2.24) is 9.80 Å². The molecule has 2 saturated heterocycles. The number of rotatable bonds is 2. The van der Waals surface area contributed by atoms with Crippen LogP contribution in [0.4, 0.5) is 4.39 Å². The Bertz CT molecular complexity index is 514. The summed E-state index contributed by atoms with van der Waals surface area (Å²) in [5, 5.41) is 0. The van der Waals surface area contributed by atoms with E-state index >= 15 is 0 Å². The monoisotopic (exact) mass is 291 g/mol. The first-order valence-electron chi connectivity index (χ1n) is 7.68. The Kier molecular flexibility index (Phi) is 4.22. The van der Waals surface area contributed by atoms with Gasteiger partial charge < -0.3 is 10.6 Å². The minimum atomic E-state index is -0.435. The molecule has 0 radical (unpaired) electrons. The van der Waals surface area contributed by atoms with Crippen LogP contribution in [0.1, 0.15) is 29.6 Å². The lowest BCUT2D eigenvalue weighted by molar-refractivity contribution is 0.0765. The maximum absolute atomic E-state index is 13.7. The second-order valence-corrected chi connectivity index (χ2v) is 6.05. The molecule has 2 aliphatic heterocycles. The van der Waals surface area contributed by atoms with Gasteiger partial charge in [0.15, 0.2) is 0 Å². The standard InChI is InChI=1S/C16H22FN3O/c17-15-4-2-1-3-14(15)16(21)20-10-7-13(11-20)19-8-5-12(18)6-9-19/h1-4,12-13H,5-11,18H2. The van der Waals surface area contributed by atoms with Gasteiger partial charge in [-0.05, 0) is 44.5 Å². The summed E-state index contributed by atoms with van der Waals surface area (Å²) in [7, 11) is 0. The number of piperidine rings is 1. The molecule has 1 atom stereocenters. The van der Waals surface area contributed by atoms with E-state index in [4.69, 9.17) is 5.73 Å². The van der Waals surface area contributed by atoms with Crippen LogP contribution in [-0.2, 0) is 0 Å². The third-order valence-electron chi connectivity index (χ3n) is 4.65. The van der Waals surface area contributed by atoms with Crippen molar-refractivity contribution in [2.75, 3.05) is 26.2 Å². The number of nitrogens with zero attached hydrogens (tertiary/aromatic N) is 2. The molecule has 0 aromatic heterocycles. The van der Waals surface area contributed by atoms with Crippen molar-refractivity contribution in [3.05, 3.63) is 35.6 Å². The second-order valence-electron chi connectivity index (χ2n) is 6.05. The van der Waals surface area contributed by atoms with Crippen molar-refractivity contribution in [3.8, 4) is 0 Å². The van der Waals surface area contributed by atoms with Crippen LogP contribution in [0.25, 0.3) is 0 Å². The van der Waals surface area contributed by atoms with Gasteiger partial charge in [-0.25, -0.2) is 4.39 Å². The smallest absolute Gasteiger partial charge is 0.256 e. The van der Waals surface area contributed by atoms with Gasteiger partial charge in [-0.3, -0.25) is 9.69 Å². The minimum absolute atomic E-state index is 0.179. The van der Waals surface area contributed by atoms with Crippen molar-refractivity contribution in [2.45, 2.75) is 31.3 Å². The average Bonchev–Trinajstić information content (AvgIpc) is 2.98. The lowest BCUT2D eigenvalue weighted by atomic mass is 10.0. The molecule has 114 valence electrons. The first kappa shape index (κ1) is 14.5. The van der Waals surface area contributed by atoms with Crippen LogP contribution in [0.2, 0.25) is 0 Å². The molecule has 1 aromatic carbocycles. The van der Waals surface area contributed by atoms with Crippen molar-refractivity contribution >= 4 is 5.91 Å². The number of likely N-dealkylation sites (tertiary alicyclic amines) is 2. The van der Waals surface area contributed by atoms with Gasteiger partial charge in [-0.1, -0.05) is 12.1 Å². The molecule has 2 N–H and O–H groups in total. The van der Waals surface area contributed by atoms with Gasteiger partial charge in [0.2, 0.25) is 0 Å². The zero-order chi connectivity index (χ0) is 14.8. The highest BCUT2D eigenvalue weighted by molar-refractivity contribution is 5.94. The molecule has 2 aliphatic rings. The van der Waals surface area contributed by atoms with E-state index in [-0.39, 0.29) is 11.5 Å². The molecule has 21 heavy (non-hydrogen) atoms.